The maximum Gasteiger partial charge on any atom is 0.150 e. The molecule has 4 nitrogen and oxygen atoms in total. The van der Waals surface area contributed by atoms with Gasteiger partial charge in [-0.25, -0.2) is 4.39 Å². The highest BCUT2D eigenvalue weighted by atomic mass is 19.1. The number of hydrogen-bond donors (Lipinski definition) is 1. The van der Waals surface area contributed by atoms with Crippen molar-refractivity contribution in [1.29, 1.82) is 0 Å². The SMILES string of the molecule is CN1CCCc2cc(OCC3CNCCO3)cc(F)c21. The van der Waals surface area contributed by atoms with E-state index in [-0.39, 0.29) is 11.9 Å². The third kappa shape index (κ3) is 2.88. The fraction of sp³-hybridized carbons (Fsp3) is 0.600. The topological polar surface area (TPSA) is 33.7 Å². The molecule has 0 aromatic heterocycles. The fourth-order valence-corrected chi connectivity index (χ4v) is 2.86. The molecule has 1 fully saturated rings. The van der Waals surface area contributed by atoms with Crippen LogP contribution in [0.1, 0.15) is 12.0 Å². The molecule has 2 aliphatic heterocycles. The van der Waals surface area contributed by atoms with Crippen LogP contribution in [0.15, 0.2) is 12.1 Å². The number of hydrogen-bond acceptors (Lipinski definition) is 4. The van der Waals surface area contributed by atoms with Crippen molar-refractivity contribution in [1.82, 2.24) is 5.32 Å². The smallest absolute Gasteiger partial charge is 0.150 e. The maximum atomic E-state index is 14.2. The molecule has 2 aliphatic rings. The molecule has 3 rings (SSSR count). The lowest BCUT2D eigenvalue weighted by Gasteiger charge is -2.28. The zero-order valence-corrected chi connectivity index (χ0v) is 11.8. The standard InChI is InChI=1S/C15H21FN2O2/c1-18-5-2-3-11-7-12(8-14(16)15(11)18)20-10-13-9-17-4-6-19-13/h7-8,13,17H,2-6,9-10H2,1H3. The van der Waals surface area contributed by atoms with Crippen LogP contribution < -0.4 is 15.0 Å². The summed E-state index contributed by atoms with van der Waals surface area (Å²) < 4.78 is 25.5. The Morgan fingerprint density at radius 2 is 2.40 bits per heavy atom. The number of nitrogens with zero attached hydrogens (tertiary/aromatic N) is 1. The molecule has 1 atom stereocenters. The molecule has 5 heteroatoms. The Kier molecular flexibility index (Phi) is 4.08. The van der Waals surface area contributed by atoms with E-state index in [1.807, 2.05) is 18.0 Å². The van der Waals surface area contributed by atoms with Crippen LogP contribution in [0.4, 0.5) is 10.1 Å². The summed E-state index contributed by atoms with van der Waals surface area (Å²) in [4.78, 5) is 1.98. The van der Waals surface area contributed by atoms with Crippen molar-refractivity contribution in [3.05, 3.63) is 23.5 Å². The number of halogens is 1. The Balaban J connectivity index is 1.69. The van der Waals surface area contributed by atoms with Gasteiger partial charge >= 0.3 is 0 Å². The molecule has 110 valence electrons. The van der Waals surface area contributed by atoms with Gasteiger partial charge in [0.05, 0.1) is 12.3 Å². The average Bonchev–Trinajstić information content (AvgIpc) is 2.46. The van der Waals surface area contributed by atoms with Crippen LogP contribution in [0.3, 0.4) is 0 Å². The number of fused-ring (bicyclic) bond motifs is 1. The van der Waals surface area contributed by atoms with Gasteiger partial charge in [0.25, 0.3) is 0 Å². The molecule has 1 aromatic rings. The van der Waals surface area contributed by atoms with E-state index in [4.69, 9.17) is 9.47 Å². The van der Waals surface area contributed by atoms with Crippen LogP contribution in [-0.2, 0) is 11.2 Å². The fourth-order valence-electron chi connectivity index (χ4n) is 2.86. The number of morpholine rings is 1. The van der Waals surface area contributed by atoms with E-state index >= 15 is 0 Å². The van der Waals surface area contributed by atoms with Gasteiger partial charge in [0.15, 0.2) is 0 Å². The summed E-state index contributed by atoms with van der Waals surface area (Å²) >= 11 is 0. The Hall–Kier alpha value is -1.33. The molecule has 2 heterocycles. The van der Waals surface area contributed by atoms with Crippen molar-refractivity contribution >= 4 is 5.69 Å². The van der Waals surface area contributed by atoms with E-state index in [0.717, 1.165) is 43.7 Å². The number of anilines is 1. The lowest BCUT2D eigenvalue weighted by atomic mass is 10.0. The normalized spacial score (nSPS) is 22.5. The molecule has 0 radical (unpaired) electrons. The maximum absolute atomic E-state index is 14.2. The zero-order valence-electron chi connectivity index (χ0n) is 11.8. The Labute approximate surface area is 118 Å². The predicted octanol–water partition coefficient (Wildman–Crippen LogP) is 1.58. The minimum atomic E-state index is -0.192. The van der Waals surface area contributed by atoms with Crippen LogP contribution in [0.5, 0.6) is 5.75 Å². The first-order valence-electron chi connectivity index (χ1n) is 7.23. The van der Waals surface area contributed by atoms with Gasteiger partial charge in [-0.3, -0.25) is 0 Å². The molecule has 1 N–H and O–H groups in total. The highest BCUT2D eigenvalue weighted by Gasteiger charge is 2.20. The first kappa shape index (κ1) is 13.6. The number of ether oxygens (including phenoxy) is 2. The summed E-state index contributed by atoms with van der Waals surface area (Å²) in [6.45, 7) is 3.75. The van der Waals surface area contributed by atoms with Crippen LogP contribution in [0.2, 0.25) is 0 Å². The van der Waals surface area contributed by atoms with Crippen LogP contribution in [0.25, 0.3) is 0 Å². The second-order valence-corrected chi connectivity index (χ2v) is 5.45. The van der Waals surface area contributed by atoms with Gasteiger partial charge in [-0.05, 0) is 24.5 Å². The van der Waals surface area contributed by atoms with Gasteiger partial charge < -0.3 is 19.7 Å². The van der Waals surface area contributed by atoms with Crippen molar-refractivity contribution in [3.8, 4) is 5.75 Å². The largest absolute Gasteiger partial charge is 0.491 e. The molecule has 1 saturated heterocycles. The minimum absolute atomic E-state index is 0.0468. The average molecular weight is 280 g/mol. The Bertz CT molecular complexity index is 475. The quantitative estimate of drug-likeness (QED) is 0.911. The van der Waals surface area contributed by atoms with Crippen molar-refractivity contribution < 1.29 is 13.9 Å². The highest BCUT2D eigenvalue weighted by Crippen LogP contribution is 2.32. The number of aryl methyl sites for hydroxylation is 1. The molecule has 0 bridgehead atoms. The second-order valence-electron chi connectivity index (χ2n) is 5.45. The molecule has 0 aliphatic carbocycles. The highest BCUT2D eigenvalue weighted by molar-refractivity contribution is 5.58. The monoisotopic (exact) mass is 280 g/mol. The molecule has 1 unspecified atom stereocenters. The first-order chi connectivity index (χ1) is 9.74. The Morgan fingerprint density at radius 1 is 1.50 bits per heavy atom. The summed E-state index contributed by atoms with van der Waals surface area (Å²) in [6, 6.07) is 3.45. The summed E-state index contributed by atoms with van der Waals surface area (Å²) in [5.41, 5.74) is 1.76. The van der Waals surface area contributed by atoms with Crippen molar-refractivity contribution in [2.45, 2.75) is 18.9 Å². The first-order valence-corrected chi connectivity index (χ1v) is 7.23. The summed E-state index contributed by atoms with van der Waals surface area (Å²) in [5.74, 6) is 0.410. The summed E-state index contributed by atoms with van der Waals surface area (Å²) in [6.07, 6.45) is 2.02. The molecule has 0 spiro atoms. The third-order valence-corrected chi connectivity index (χ3v) is 3.88. The lowest BCUT2D eigenvalue weighted by Crippen LogP contribution is -2.41. The van der Waals surface area contributed by atoms with Gasteiger partial charge in [-0.1, -0.05) is 0 Å². The zero-order chi connectivity index (χ0) is 13.9. The van der Waals surface area contributed by atoms with E-state index in [0.29, 0.717) is 19.0 Å². The van der Waals surface area contributed by atoms with Crippen molar-refractivity contribution in [2.75, 3.05) is 44.8 Å². The van der Waals surface area contributed by atoms with Gasteiger partial charge in [-0.15, -0.1) is 0 Å². The number of rotatable bonds is 3. The predicted molar refractivity (Wildman–Crippen MR) is 76.1 cm³/mol. The van der Waals surface area contributed by atoms with Crippen molar-refractivity contribution in [3.63, 3.8) is 0 Å². The molecule has 1 aromatic carbocycles. The molecule has 0 saturated carbocycles. The lowest BCUT2D eigenvalue weighted by molar-refractivity contribution is 0.000123. The number of nitrogens with one attached hydrogen (secondary N) is 1. The Morgan fingerprint density at radius 3 is 3.20 bits per heavy atom. The third-order valence-electron chi connectivity index (χ3n) is 3.88. The van der Waals surface area contributed by atoms with E-state index in [9.17, 15) is 4.39 Å². The van der Waals surface area contributed by atoms with E-state index < -0.39 is 0 Å². The van der Waals surface area contributed by atoms with Gasteiger partial charge in [0.1, 0.15) is 24.3 Å². The molecule has 20 heavy (non-hydrogen) atoms. The van der Waals surface area contributed by atoms with E-state index in [1.54, 1.807) is 0 Å². The minimum Gasteiger partial charge on any atom is -0.491 e. The van der Waals surface area contributed by atoms with Gasteiger partial charge in [-0.2, -0.15) is 0 Å². The van der Waals surface area contributed by atoms with E-state index in [1.165, 1.54) is 6.07 Å². The number of benzene rings is 1. The summed E-state index contributed by atoms with van der Waals surface area (Å²) in [7, 11) is 1.93. The van der Waals surface area contributed by atoms with Crippen LogP contribution >= 0.6 is 0 Å². The van der Waals surface area contributed by atoms with Crippen LogP contribution in [0, 0.1) is 5.82 Å². The molecule has 0 amide bonds. The second kappa shape index (κ2) is 5.97. The van der Waals surface area contributed by atoms with Crippen LogP contribution in [-0.4, -0.2) is 46.0 Å². The molecular weight excluding hydrogens is 259 g/mol. The summed E-state index contributed by atoms with van der Waals surface area (Å²) in [5, 5.41) is 3.25. The van der Waals surface area contributed by atoms with Gasteiger partial charge in [0, 0.05) is 32.7 Å². The van der Waals surface area contributed by atoms with Gasteiger partial charge in [0.2, 0.25) is 0 Å². The van der Waals surface area contributed by atoms with E-state index in [2.05, 4.69) is 5.32 Å². The molecular formula is C15H21FN2O2. The van der Waals surface area contributed by atoms with Crippen molar-refractivity contribution in [2.24, 2.45) is 0 Å².